The molecule has 0 aromatic carbocycles. The van der Waals surface area contributed by atoms with E-state index in [-0.39, 0.29) is 0 Å². The van der Waals surface area contributed by atoms with Gasteiger partial charge in [0.1, 0.15) is 10.9 Å². The summed E-state index contributed by atoms with van der Waals surface area (Å²) in [6.45, 7) is 9.92. The molecule has 98 valence electrons. The molecule has 1 aliphatic heterocycles. The lowest BCUT2D eigenvalue weighted by atomic mass is 10.2. The van der Waals surface area contributed by atoms with E-state index in [1.165, 1.54) is 17.9 Å². The first-order valence-electron chi connectivity index (χ1n) is 6.37. The molecule has 0 bridgehead atoms. The fraction of sp³-hybridized carbons (Fsp3) is 0.615. The summed E-state index contributed by atoms with van der Waals surface area (Å²) in [6, 6.07) is 4.08. The van der Waals surface area contributed by atoms with Crippen molar-refractivity contribution in [3.05, 3.63) is 10.9 Å². The fourth-order valence-electron chi connectivity index (χ4n) is 2.30. The molecular weight excluding hydrogens is 244 g/mol. The third-order valence-corrected chi connectivity index (χ3v) is 4.27. The van der Waals surface area contributed by atoms with Crippen molar-refractivity contribution in [3.8, 4) is 6.07 Å². The molecule has 0 atom stereocenters. The van der Waals surface area contributed by atoms with E-state index in [1.54, 1.807) is 0 Å². The fourth-order valence-corrected chi connectivity index (χ4v) is 3.23. The van der Waals surface area contributed by atoms with Crippen LogP contribution in [-0.4, -0.2) is 37.6 Å². The molecule has 2 heterocycles. The Hall–Kier alpha value is -1.25. The first-order valence-corrected chi connectivity index (χ1v) is 7.18. The van der Waals surface area contributed by atoms with Crippen LogP contribution in [0.25, 0.3) is 0 Å². The largest absolute Gasteiger partial charge is 0.397 e. The zero-order valence-electron chi connectivity index (χ0n) is 11.0. The summed E-state index contributed by atoms with van der Waals surface area (Å²) in [4.78, 5) is 5.47. The summed E-state index contributed by atoms with van der Waals surface area (Å²) in [6.07, 6.45) is 0. The van der Waals surface area contributed by atoms with Crippen molar-refractivity contribution in [3.63, 3.8) is 0 Å². The highest BCUT2D eigenvalue weighted by molar-refractivity contribution is 7.17. The maximum atomic E-state index is 8.92. The van der Waals surface area contributed by atoms with Crippen LogP contribution in [0.1, 0.15) is 18.7 Å². The van der Waals surface area contributed by atoms with Gasteiger partial charge in [0.25, 0.3) is 0 Å². The van der Waals surface area contributed by atoms with Crippen LogP contribution < -0.4 is 10.6 Å². The van der Waals surface area contributed by atoms with E-state index >= 15 is 0 Å². The molecule has 1 aromatic heterocycles. The topological polar surface area (TPSA) is 56.3 Å². The van der Waals surface area contributed by atoms with Gasteiger partial charge >= 0.3 is 0 Å². The normalized spacial score (nSPS) is 17.1. The van der Waals surface area contributed by atoms with Crippen LogP contribution in [0.4, 0.5) is 10.7 Å². The van der Waals surface area contributed by atoms with Crippen molar-refractivity contribution in [1.29, 1.82) is 5.26 Å². The third kappa shape index (κ3) is 2.95. The van der Waals surface area contributed by atoms with E-state index in [4.69, 9.17) is 11.0 Å². The summed E-state index contributed by atoms with van der Waals surface area (Å²) in [5, 5.41) is 10.1. The van der Waals surface area contributed by atoms with Gasteiger partial charge in [0, 0.05) is 32.7 Å². The van der Waals surface area contributed by atoms with Crippen molar-refractivity contribution in [2.75, 3.05) is 43.4 Å². The van der Waals surface area contributed by atoms with Gasteiger partial charge in [-0.15, -0.1) is 11.3 Å². The quantitative estimate of drug-likeness (QED) is 0.907. The molecule has 0 aliphatic carbocycles. The number of nitrogen functional groups attached to an aromatic ring is 1. The van der Waals surface area contributed by atoms with Crippen LogP contribution in [0.15, 0.2) is 6.07 Å². The average Bonchev–Trinajstić information content (AvgIpc) is 2.71. The molecule has 0 unspecified atom stereocenters. The van der Waals surface area contributed by atoms with Gasteiger partial charge in [-0.25, -0.2) is 0 Å². The van der Waals surface area contributed by atoms with Gasteiger partial charge in [0.15, 0.2) is 0 Å². The Morgan fingerprint density at radius 1 is 1.39 bits per heavy atom. The summed E-state index contributed by atoms with van der Waals surface area (Å²) in [7, 11) is 0. The first kappa shape index (κ1) is 13.2. The Kier molecular flexibility index (Phi) is 4.10. The number of thiophene rings is 1. The second kappa shape index (κ2) is 5.59. The minimum Gasteiger partial charge on any atom is -0.397 e. The van der Waals surface area contributed by atoms with E-state index in [0.29, 0.717) is 10.6 Å². The van der Waals surface area contributed by atoms with Gasteiger partial charge in [-0.2, -0.15) is 5.26 Å². The molecule has 1 fully saturated rings. The Morgan fingerprint density at radius 2 is 2.06 bits per heavy atom. The predicted octanol–water partition coefficient (Wildman–Crippen LogP) is 1.98. The highest BCUT2D eigenvalue weighted by atomic mass is 32.1. The molecule has 18 heavy (non-hydrogen) atoms. The Morgan fingerprint density at radius 3 is 2.56 bits per heavy atom. The Labute approximate surface area is 113 Å². The number of nitrogens with zero attached hydrogens (tertiary/aromatic N) is 3. The summed E-state index contributed by atoms with van der Waals surface area (Å²) in [5.41, 5.74) is 6.42. The van der Waals surface area contributed by atoms with Crippen LogP contribution in [0.5, 0.6) is 0 Å². The van der Waals surface area contributed by atoms with Gasteiger partial charge in [-0.05, 0) is 12.0 Å². The van der Waals surface area contributed by atoms with Crippen LogP contribution in [0.2, 0.25) is 0 Å². The minimum absolute atomic E-state index is 0.613. The highest BCUT2D eigenvalue weighted by Crippen LogP contribution is 2.32. The number of anilines is 2. The molecule has 1 aromatic rings. The molecule has 5 heteroatoms. The standard InChI is InChI=1S/C13H20N4S/c1-10(2)9-16-3-5-17(6-4-16)13-7-11(15)12(8-14)18-13/h7,10H,3-6,9,15H2,1-2H3. The SMILES string of the molecule is CC(C)CN1CCN(c2cc(N)c(C#N)s2)CC1. The van der Waals surface area contributed by atoms with Gasteiger partial charge in [0.2, 0.25) is 0 Å². The van der Waals surface area contributed by atoms with Crippen molar-refractivity contribution >= 4 is 22.0 Å². The van der Waals surface area contributed by atoms with Crippen molar-refractivity contribution in [2.45, 2.75) is 13.8 Å². The van der Waals surface area contributed by atoms with Crippen molar-refractivity contribution in [2.24, 2.45) is 5.92 Å². The van der Waals surface area contributed by atoms with Crippen LogP contribution in [-0.2, 0) is 0 Å². The molecule has 0 spiro atoms. The molecule has 1 saturated heterocycles. The first-order chi connectivity index (χ1) is 8.60. The minimum atomic E-state index is 0.613. The monoisotopic (exact) mass is 264 g/mol. The Bertz CT molecular complexity index is 438. The molecule has 2 N–H and O–H groups in total. The van der Waals surface area contributed by atoms with Gasteiger partial charge < -0.3 is 10.6 Å². The third-order valence-electron chi connectivity index (χ3n) is 3.16. The van der Waals surface area contributed by atoms with E-state index in [2.05, 4.69) is 29.7 Å². The van der Waals surface area contributed by atoms with Crippen molar-refractivity contribution in [1.82, 2.24) is 4.90 Å². The molecule has 1 aliphatic rings. The van der Waals surface area contributed by atoms with Gasteiger partial charge in [-0.3, -0.25) is 4.90 Å². The van der Waals surface area contributed by atoms with E-state index in [9.17, 15) is 0 Å². The number of nitrogens with two attached hydrogens (primary N) is 1. The number of nitriles is 1. The summed E-state index contributed by atoms with van der Waals surface area (Å²) in [5.74, 6) is 0.721. The second-order valence-corrected chi connectivity index (χ2v) is 6.19. The molecule has 0 radical (unpaired) electrons. The highest BCUT2D eigenvalue weighted by Gasteiger charge is 2.19. The van der Waals surface area contributed by atoms with Crippen LogP contribution in [0, 0.1) is 17.2 Å². The second-order valence-electron chi connectivity index (χ2n) is 5.16. The maximum Gasteiger partial charge on any atom is 0.129 e. The predicted molar refractivity (Wildman–Crippen MR) is 76.9 cm³/mol. The molecular formula is C13H20N4S. The van der Waals surface area contributed by atoms with Gasteiger partial charge in [-0.1, -0.05) is 13.8 Å². The van der Waals surface area contributed by atoms with E-state index < -0.39 is 0 Å². The lowest BCUT2D eigenvalue weighted by Crippen LogP contribution is -2.47. The maximum absolute atomic E-state index is 8.92. The number of hydrogen-bond donors (Lipinski definition) is 1. The van der Waals surface area contributed by atoms with Crippen LogP contribution >= 0.6 is 11.3 Å². The Balaban J connectivity index is 1.95. The number of rotatable bonds is 3. The van der Waals surface area contributed by atoms with Crippen molar-refractivity contribution < 1.29 is 0 Å². The molecule has 4 nitrogen and oxygen atoms in total. The molecule has 0 amide bonds. The smallest absolute Gasteiger partial charge is 0.129 e. The van der Waals surface area contributed by atoms with Gasteiger partial charge in [0.05, 0.1) is 10.7 Å². The lowest BCUT2D eigenvalue weighted by molar-refractivity contribution is 0.231. The number of piperazine rings is 1. The molecule has 0 saturated carbocycles. The summed E-state index contributed by atoms with van der Waals surface area (Å²) < 4.78 is 0. The molecule has 2 rings (SSSR count). The number of hydrogen-bond acceptors (Lipinski definition) is 5. The zero-order valence-corrected chi connectivity index (χ0v) is 11.8. The van der Waals surface area contributed by atoms with Crippen LogP contribution in [0.3, 0.4) is 0 Å². The summed E-state index contributed by atoms with van der Waals surface area (Å²) >= 11 is 1.50. The lowest BCUT2D eigenvalue weighted by Gasteiger charge is -2.36. The van der Waals surface area contributed by atoms with E-state index in [1.807, 2.05) is 6.07 Å². The van der Waals surface area contributed by atoms with E-state index in [0.717, 1.165) is 37.1 Å². The zero-order chi connectivity index (χ0) is 13.1. The average molecular weight is 264 g/mol.